The van der Waals surface area contributed by atoms with Crippen LogP contribution in [0.5, 0.6) is 0 Å². The lowest BCUT2D eigenvalue weighted by Gasteiger charge is -2.38. The van der Waals surface area contributed by atoms with Crippen molar-refractivity contribution in [3.63, 3.8) is 0 Å². The normalized spacial score (nSPS) is 27.9. The molecule has 118 valence electrons. The molecule has 1 aromatic rings. The number of hydrogen-bond donors (Lipinski definition) is 0. The molecule has 0 amide bonds. The van der Waals surface area contributed by atoms with E-state index < -0.39 is 0 Å². The number of aromatic nitrogens is 3. The van der Waals surface area contributed by atoms with Crippen LogP contribution in [0.2, 0.25) is 0 Å². The Labute approximate surface area is 127 Å². The van der Waals surface area contributed by atoms with Crippen LogP contribution in [-0.2, 0) is 11.3 Å². The molecule has 3 heterocycles. The summed E-state index contributed by atoms with van der Waals surface area (Å²) < 4.78 is 8.01. The molecule has 1 aromatic heterocycles. The Morgan fingerprint density at radius 2 is 1.95 bits per heavy atom. The van der Waals surface area contributed by atoms with Crippen molar-refractivity contribution < 1.29 is 4.74 Å². The van der Waals surface area contributed by atoms with E-state index >= 15 is 0 Å². The Balaban J connectivity index is 1.62. The summed E-state index contributed by atoms with van der Waals surface area (Å²) in [5.74, 6) is 1.91. The molecule has 2 unspecified atom stereocenters. The molecule has 0 aromatic carbocycles. The third-order valence-corrected chi connectivity index (χ3v) is 4.81. The van der Waals surface area contributed by atoms with Crippen LogP contribution in [0.25, 0.3) is 0 Å². The van der Waals surface area contributed by atoms with Gasteiger partial charge < -0.3 is 4.74 Å². The Morgan fingerprint density at radius 3 is 2.67 bits per heavy atom. The second-order valence-corrected chi connectivity index (χ2v) is 6.52. The molecule has 3 rings (SSSR count). The van der Waals surface area contributed by atoms with Crippen molar-refractivity contribution in [1.82, 2.24) is 19.7 Å². The number of nitrogens with zero attached hydrogens (tertiary/aromatic N) is 4. The van der Waals surface area contributed by atoms with Gasteiger partial charge in [0, 0.05) is 19.2 Å². The fourth-order valence-electron chi connectivity index (χ4n) is 3.65. The van der Waals surface area contributed by atoms with Gasteiger partial charge in [-0.05, 0) is 52.5 Å². The van der Waals surface area contributed by atoms with Crippen molar-refractivity contribution in [1.29, 1.82) is 0 Å². The van der Waals surface area contributed by atoms with Crippen molar-refractivity contribution in [3.05, 3.63) is 11.6 Å². The summed E-state index contributed by atoms with van der Waals surface area (Å²) in [4.78, 5) is 7.06. The Bertz CT molecular complexity index is 453. The molecule has 2 atom stereocenters. The molecule has 2 aliphatic heterocycles. The van der Waals surface area contributed by atoms with E-state index in [1.807, 2.05) is 6.92 Å². The predicted molar refractivity (Wildman–Crippen MR) is 82.3 cm³/mol. The summed E-state index contributed by atoms with van der Waals surface area (Å²) in [6.07, 6.45) is 8.15. The third kappa shape index (κ3) is 3.83. The van der Waals surface area contributed by atoms with Crippen molar-refractivity contribution in [3.8, 4) is 0 Å². The van der Waals surface area contributed by atoms with Crippen molar-refractivity contribution in [2.45, 2.75) is 71.1 Å². The zero-order chi connectivity index (χ0) is 14.7. The Hall–Kier alpha value is -0.940. The summed E-state index contributed by atoms with van der Waals surface area (Å²) >= 11 is 0. The SMILES string of the molecule is Cc1nc(C)n(CC2CCCCN2CC2CCCCO2)n1. The molecule has 2 aliphatic rings. The summed E-state index contributed by atoms with van der Waals surface area (Å²) in [6.45, 7) is 8.24. The molecular weight excluding hydrogens is 264 g/mol. The van der Waals surface area contributed by atoms with E-state index in [0.29, 0.717) is 12.1 Å². The molecule has 5 heteroatoms. The molecular formula is C16H28N4O. The van der Waals surface area contributed by atoms with Crippen LogP contribution >= 0.6 is 0 Å². The molecule has 0 N–H and O–H groups in total. The number of aryl methyl sites for hydroxylation is 2. The quantitative estimate of drug-likeness (QED) is 0.854. The van der Waals surface area contributed by atoms with Crippen molar-refractivity contribution >= 4 is 0 Å². The summed E-state index contributed by atoms with van der Waals surface area (Å²) in [7, 11) is 0. The summed E-state index contributed by atoms with van der Waals surface area (Å²) in [5, 5.41) is 4.53. The van der Waals surface area contributed by atoms with E-state index in [0.717, 1.165) is 31.3 Å². The molecule has 0 saturated carbocycles. The van der Waals surface area contributed by atoms with Gasteiger partial charge in [-0.3, -0.25) is 4.90 Å². The number of rotatable bonds is 4. The van der Waals surface area contributed by atoms with E-state index in [9.17, 15) is 0 Å². The maximum absolute atomic E-state index is 5.93. The minimum Gasteiger partial charge on any atom is -0.377 e. The average Bonchev–Trinajstić information content (AvgIpc) is 2.80. The third-order valence-electron chi connectivity index (χ3n) is 4.81. The van der Waals surface area contributed by atoms with E-state index in [1.54, 1.807) is 0 Å². The predicted octanol–water partition coefficient (Wildman–Crippen LogP) is 2.32. The highest BCUT2D eigenvalue weighted by atomic mass is 16.5. The van der Waals surface area contributed by atoms with Gasteiger partial charge in [-0.15, -0.1) is 0 Å². The highest BCUT2D eigenvalue weighted by Crippen LogP contribution is 2.22. The lowest BCUT2D eigenvalue weighted by atomic mass is 10.00. The molecule has 2 saturated heterocycles. The smallest absolute Gasteiger partial charge is 0.147 e. The van der Waals surface area contributed by atoms with Gasteiger partial charge in [0.2, 0.25) is 0 Å². The van der Waals surface area contributed by atoms with E-state index in [1.165, 1.54) is 45.1 Å². The molecule has 2 fully saturated rings. The number of hydrogen-bond acceptors (Lipinski definition) is 4. The van der Waals surface area contributed by atoms with Gasteiger partial charge in [0.05, 0.1) is 12.6 Å². The maximum atomic E-state index is 5.93. The zero-order valence-corrected chi connectivity index (χ0v) is 13.4. The van der Waals surface area contributed by atoms with Gasteiger partial charge in [0.15, 0.2) is 0 Å². The first kappa shape index (κ1) is 15.0. The second kappa shape index (κ2) is 6.88. The minimum atomic E-state index is 0.443. The first-order valence-corrected chi connectivity index (χ1v) is 8.46. The highest BCUT2D eigenvalue weighted by Gasteiger charge is 2.27. The van der Waals surface area contributed by atoms with Crippen LogP contribution in [0.4, 0.5) is 0 Å². The standard InChI is InChI=1S/C16H28N4O/c1-13-17-14(2)20(18-13)11-15-7-3-5-9-19(15)12-16-8-4-6-10-21-16/h15-16H,3-12H2,1-2H3. The number of ether oxygens (including phenoxy) is 1. The highest BCUT2D eigenvalue weighted by molar-refractivity contribution is 4.90. The molecule has 21 heavy (non-hydrogen) atoms. The summed E-state index contributed by atoms with van der Waals surface area (Å²) in [5.41, 5.74) is 0. The van der Waals surface area contributed by atoms with Gasteiger partial charge in [-0.25, -0.2) is 9.67 Å². The molecule has 5 nitrogen and oxygen atoms in total. The molecule has 0 bridgehead atoms. The fourth-order valence-corrected chi connectivity index (χ4v) is 3.65. The lowest BCUT2D eigenvalue weighted by Crippen LogP contribution is -2.47. The molecule has 0 radical (unpaired) electrons. The second-order valence-electron chi connectivity index (χ2n) is 6.52. The monoisotopic (exact) mass is 292 g/mol. The van der Waals surface area contributed by atoms with Crippen LogP contribution in [-0.4, -0.2) is 51.5 Å². The Morgan fingerprint density at radius 1 is 1.10 bits per heavy atom. The van der Waals surface area contributed by atoms with Gasteiger partial charge in [-0.2, -0.15) is 5.10 Å². The van der Waals surface area contributed by atoms with E-state index in [-0.39, 0.29) is 0 Å². The fraction of sp³-hybridized carbons (Fsp3) is 0.875. The lowest BCUT2D eigenvalue weighted by molar-refractivity contribution is -0.0215. The first-order valence-electron chi connectivity index (χ1n) is 8.46. The van der Waals surface area contributed by atoms with Crippen LogP contribution in [0.15, 0.2) is 0 Å². The van der Waals surface area contributed by atoms with Gasteiger partial charge >= 0.3 is 0 Å². The average molecular weight is 292 g/mol. The van der Waals surface area contributed by atoms with Crippen LogP contribution < -0.4 is 0 Å². The van der Waals surface area contributed by atoms with Gasteiger partial charge in [-0.1, -0.05) is 6.42 Å². The zero-order valence-electron chi connectivity index (χ0n) is 13.4. The van der Waals surface area contributed by atoms with Gasteiger partial charge in [0.1, 0.15) is 11.6 Å². The minimum absolute atomic E-state index is 0.443. The van der Waals surface area contributed by atoms with Gasteiger partial charge in [0.25, 0.3) is 0 Å². The van der Waals surface area contributed by atoms with E-state index in [2.05, 4.69) is 26.6 Å². The van der Waals surface area contributed by atoms with Crippen molar-refractivity contribution in [2.24, 2.45) is 0 Å². The van der Waals surface area contributed by atoms with E-state index in [4.69, 9.17) is 4.74 Å². The summed E-state index contributed by atoms with van der Waals surface area (Å²) in [6, 6.07) is 0.587. The molecule has 0 aliphatic carbocycles. The van der Waals surface area contributed by atoms with Crippen LogP contribution in [0.1, 0.15) is 50.2 Å². The number of likely N-dealkylation sites (tertiary alicyclic amines) is 1. The van der Waals surface area contributed by atoms with Crippen LogP contribution in [0, 0.1) is 13.8 Å². The first-order chi connectivity index (χ1) is 10.2. The van der Waals surface area contributed by atoms with Crippen LogP contribution in [0.3, 0.4) is 0 Å². The topological polar surface area (TPSA) is 43.2 Å². The maximum Gasteiger partial charge on any atom is 0.147 e. The number of piperidine rings is 1. The van der Waals surface area contributed by atoms with Crippen molar-refractivity contribution in [2.75, 3.05) is 19.7 Å². The Kier molecular flexibility index (Phi) is 4.91. The largest absolute Gasteiger partial charge is 0.377 e. The molecule has 0 spiro atoms.